The van der Waals surface area contributed by atoms with Gasteiger partial charge >= 0.3 is 0 Å². The van der Waals surface area contributed by atoms with Crippen LogP contribution in [0.25, 0.3) is 0 Å². The van der Waals surface area contributed by atoms with Crippen LogP contribution in [0.3, 0.4) is 0 Å². The van der Waals surface area contributed by atoms with Gasteiger partial charge in [-0.3, -0.25) is 19.5 Å². The Morgan fingerprint density at radius 3 is 2.00 bits per heavy atom. The van der Waals surface area contributed by atoms with Gasteiger partial charge in [0.2, 0.25) is 0 Å². The standard InChI is InChI=1S/C55H63N5O9S/c1-55(2,70)15-10-16-58(17-18-66-21-22-67-20-19-63-3)40-24-36(34-68-51-30-45-43(28-49(51)64-4)53(61)59-41(32-56-45)26-38-11-6-8-13-47(38)59)23-37(25-40)35-69-52-31-46-44(29-50(52)65-5)54(62)60-42(33-57-46)27-39-12-7-9-14-48(39)60/h6-9,11-14,23-25,28-32,41-42,57,70H,10,15-22,26-27,33-35H2,1-5H3/t41-,42-/m0/s1. The maximum Gasteiger partial charge on any atom is 0.261 e. The molecule has 4 aliphatic rings. The van der Waals surface area contributed by atoms with Gasteiger partial charge in [-0.2, -0.15) is 12.6 Å². The molecule has 15 heteroatoms. The second kappa shape index (κ2) is 21.8. The zero-order valence-corrected chi connectivity index (χ0v) is 41.6. The van der Waals surface area contributed by atoms with Crippen LogP contribution in [0.2, 0.25) is 0 Å². The average molecular weight is 970 g/mol. The Balaban J connectivity index is 0.989. The van der Waals surface area contributed by atoms with E-state index in [2.05, 4.69) is 54.4 Å². The largest absolute Gasteiger partial charge is 0.493 e. The molecule has 0 saturated carbocycles. The summed E-state index contributed by atoms with van der Waals surface area (Å²) in [5.41, 5.74) is 9.09. The van der Waals surface area contributed by atoms with Crippen molar-refractivity contribution >= 4 is 59.1 Å². The van der Waals surface area contributed by atoms with Crippen molar-refractivity contribution in [1.29, 1.82) is 0 Å². The molecule has 5 aromatic rings. The van der Waals surface area contributed by atoms with E-state index in [-0.39, 0.29) is 41.9 Å². The van der Waals surface area contributed by atoms with Crippen molar-refractivity contribution in [1.82, 2.24) is 0 Å². The molecule has 0 unspecified atom stereocenters. The lowest BCUT2D eigenvalue weighted by Gasteiger charge is -2.28. The first-order valence-corrected chi connectivity index (χ1v) is 24.5. The van der Waals surface area contributed by atoms with Crippen LogP contribution in [0.15, 0.2) is 96.0 Å². The molecular formula is C55H63N5O9S. The number of ether oxygens (including phenoxy) is 7. The average Bonchev–Trinajstić information content (AvgIpc) is 3.85. The highest BCUT2D eigenvalue weighted by molar-refractivity contribution is 7.81. The third-order valence-electron chi connectivity index (χ3n) is 13.2. The van der Waals surface area contributed by atoms with Crippen molar-refractivity contribution in [2.75, 3.05) is 94.0 Å². The molecule has 368 valence electrons. The summed E-state index contributed by atoms with van der Waals surface area (Å²) in [6.07, 6.45) is 5.15. The molecule has 0 aliphatic carbocycles. The van der Waals surface area contributed by atoms with Crippen LogP contribution >= 0.6 is 12.6 Å². The Labute approximate surface area is 416 Å². The van der Waals surface area contributed by atoms with Crippen molar-refractivity contribution < 1.29 is 42.7 Å². The topological polar surface area (TPSA) is 133 Å². The SMILES string of the molecule is COCCOCCOCCN(CCCC(C)(C)S)c1cc(COc2cc3c(cc2OC)C(=O)N2c4ccccc4C[C@H]2C=N3)cc(COc2cc3c(cc2OC)C(=O)N2c4ccccc4C[C@H]2CN3)c1. The van der Waals surface area contributed by atoms with Gasteiger partial charge < -0.3 is 48.3 Å². The van der Waals surface area contributed by atoms with Crippen LogP contribution in [0, 0.1) is 0 Å². The van der Waals surface area contributed by atoms with E-state index in [1.54, 1.807) is 39.5 Å². The number of hydrogen-bond donors (Lipinski definition) is 2. The van der Waals surface area contributed by atoms with E-state index in [1.807, 2.05) is 58.5 Å². The molecule has 0 fully saturated rings. The number of fused-ring (bicyclic) bond motifs is 8. The van der Waals surface area contributed by atoms with E-state index in [1.165, 1.54) is 5.56 Å². The number of para-hydroxylation sites is 2. The molecule has 4 heterocycles. The van der Waals surface area contributed by atoms with E-state index in [9.17, 15) is 9.59 Å². The van der Waals surface area contributed by atoms with Gasteiger partial charge in [-0.05, 0) is 84.0 Å². The predicted octanol–water partition coefficient (Wildman–Crippen LogP) is 9.12. The maximum atomic E-state index is 14.2. The lowest BCUT2D eigenvalue weighted by molar-refractivity contribution is 0.0264. The molecule has 14 nitrogen and oxygen atoms in total. The molecular weight excluding hydrogens is 907 g/mol. The van der Waals surface area contributed by atoms with Gasteiger partial charge in [-0.1, -0.05) is 50.2 Å². The smallest absolute Gasteiger partial charge is 0.261 e. The fourth-order valence-corrected chi connectivity index (χ4v) is 9.88. The number of carbonyl (C=O) groups is 2. The highest BCUT2D eigenvalue weighted by atomic mass is 32.1. The Bertz CT molecular complexity index is 2720. The second-order valence-electron chi connectivity index (χ2n) is 18.7. The van der Waals surface area contributed by atoms with E-state index in [0.29, 0.717) is 98.0 Å². The third-order valence-corrected chi connectivity index (χ3v) is 13.4. The summed E-state index contributed by atoms with van der Waals surface area (Å²) in [4.78, 5) is 39.2. The summed E-state index contributed by atoms with van der Waals surface area (Å²) in [5.74, 6) is 1.66. The van der Waals surface area contributed by atoms with Crippen LogP contribution in [0.5, 0.6) is 23.0 Å². The van der Waals surface area contributed by atoms with Crippen molar-refractivity contribution in [2.45, 2.75) is 69.6 Å². The fourth-order valence-electron chi connectivity index (χ4n) is 9.73. The van der Waals surface area contributed by atoms with Crippen molar-refractivity contribution in [3.8, 4) is 23.0 Å². The van der Waals surface area contributed by atoms with Gasteiger partial charge in [-0.25, -0.2) is 0 Å². The van der Waals surface area contributed by atoms with Crippen LogP contribution in [0.1, 0.15) is 69.7 Å². The number of anilines is 4. The molecule has 9 rings (SSSR count). The Kier molecular flexibility index (Phi) is 15.2. The number of hydrogen-bond acceptors (Lipinski definition) is 13. The molecule has 1 N–H and O–H groups in total. The number of methoxy groups -OCH3 is 3. The summed E-state index contributed by atoms with van der Waals surface area (Å²) in [7, 11) is 4.82. The van der Waals surface area contributed by atoms with Crippen LogP contribution in [-0.4, -0.2) is 109 Å². The van der Waals surface area contributed by atoms with Gasteiger partial charge in [0.25, 0.3) is 11.8 Å². The third kappa shape index (κ3) is 10.9. The molecule has 0 spiro atoms. The quantitative estimate of drug-likeness (QED) is 0.0509. The Morgan fingerprint density at radius 1 is 0.700 bits per heavy atom. The number of benzene rings is 5. The number of nitrogens with one attached hydrogen (secondary N) is 1. The van der Waals surface area contributed by atoms with Crippen LogP contribution in [-0.2, 0) is 40.3 Å². The van der Waals surface area contributed by atoms with E-state index in [4.69, 9.17) is 50.8 Å². The first-order valence-electron chi connectivity index (χ1n) is 24.1. The van der Waals surface area contributed by atoms with Gasteiger partial charge in [0.05, 0.1) is 81.8 Å². The molecule has 0 radical (unpaired) electrons. The maximum absolute atomic E-state index is 14.2. The molecule has 2 atom stereocenters. The minimum Gasteiger partial charge on any atom is -0.493 e. The summed E-state index contributed by atoms with van der Waals surface area (Å²) < 4.78 is 41.7. The van der Waals surface area contributed by atoms with Crippen molar-refractivity contribution in [3.63, 3.8) is 0 Å². The van der Waals surface area contributed by atoms with Gasteiger partial charge in [-0.15, -0.1) is 0 Å². The van der Waals surface area contributed by atoms with E-state index < -0.39 is 0 Å². The van der Waals surface area contributed by atoms with Gasteiger partial charge in [0.1, 0.15) is 13.2 Å². The number of carbonyl (C=O) groups excluding carboxylic acids is 2. The number of aliphatic imine (C=N–C) groups is 1. The molecule has 0 aromatic heterocycles. The van der Waals surface area contributed by atoms with Crippen molar-refractivity contribution in [3.05, 3.63) is 124 Å². The first-order chi connectivity index (χ1) is 34.0. The van der Waals surface area contributed by atoms with E-state index in [0.717, 1.165) is 59.6 Å². The number of thiol groups is 1. The Morgan fingerprint density at radius 2 is 1.31 bits per heavy atom. The molecule has 5 aromatic carbocycles. The highest BCUT2D eigenvalue weighted by Gasteiger charge is 2.39. The van der Waals surface area contributed by atoms with Gasteiger partial charge in [0.15, 0.2) is 23.0 Å². The summed E-state index contributed by atoms with van der Waals surface area (Å²) in [5, 5.41) is 3.54. The fraction of sp³-hybridized carbons (Fsp3) is 0.400. The monoisotopic (exact) mass is 969 g/mol. The number of amides is 2. The molecule has 70 heavy (non-hydrogen) atoms. The molecule has 0 saturated heterocycles. The molecule has 4 aliphatic heterocycles. The van der Waals surface area contributed by atoms with E-state index >= 15 is 0 Å². The number of nitrogens with zero attached hydrogens (tertiary/aromatic N) is 4. The summed E-state index contributed by atoms with van der Waals surface area (Å²) >= 11 is 4.83. The molecule has 0 bridgehead atoms. The zero-order valence-electron chi connectivity index (χ0n) is 40.7. The van der Waals surface area contributed by atoms with Crippen molar-refractivity contribution in [2.24, 2.45) is 4.99 Å². The second-order valence-corrected chi connectivity index (χ2v) is 19.9. The normalized spacial score (nSPS) is 16.5. The minimum absolute atomic E-state index is 0.00527. The number of rotatable bonds is 22. The summed E-state index contributed by atoms with van der Waals surface area (Å²) in [6.45, 7) is 9.10. The zero-order chi connectivity index (χ0) is 48.8. The van der Waals surface area contributed by atoms with Crippen LogP contribution < -0.4 is 39.0 Å². The lowest BCUT2D eigenvalue weighted by atomic mass is 10.1. The highest BCUT2D eigenvalue weighted by Crippen LogP contribution is 2.43. The lowest BCUT2D eigenvalue weighted by Crippen LogP contribution is -2.39. The summed E-state index contributed by atoms with van der Waals surface area (Å²) in [6, 6.07) is 29.4. The minimum atomic E-state index is -0.183. The van der Waals surface area contributed by atoms with Gasteiger partial charge in [0, 0.05) is 73.3 Å². The molecule has 2 amide bonds. The predicted molar refractivity (Wildman–Crippen MR) is 277 cm³/mol. The van der Waals surface area contributed by atoms with Crippen LogP contribution in [0.4, 0.5) is 28.4 Å². The Hall–Kier alpha value is -6.26. The first kappa shape index (κ1) is 48.8.